The number of benzene rings is 2. The predicted octanol–water partition coefficient (Wildman–Crippen LogP) is 2.64. The zero-order valence-electron chi connectivity index (χ0n) is 15.9. The largest absolute Gasteiger partial charge is 0.469 e. The van der Waals surface area contributed by atoms with Gasteiger partial charge in [0.25, 0.3) is 0 Å². The molecule has 0 saturated carbocycles. The summed E-state index contributed by atoms with van der Waals surface area (Å²) in [5.74, 6) is -0.269. The summed E-state index contributed by atoms with van der Waals surface area (Å²) in [7, 11) is 1.36. The van der Waals surface area contributed by atoms with E-state index in [0.29, 0.717) is 12.0 Å². The average molecular weight is 379 g/mol. The minimum absolute atomic E-state index is 0.0242. The molecule has 0 aromatic heterocycles. The van der Waals surface area contributed by atoms with Gasteiger partial charge in [0.15, 0.2) is 0 Å². The fourth-order valence-electron chi connectivity index (χ4n) is 3.54. The standard InChI is InChI=1S/C22H25N3O3/c1-28-20(26)13-19-12-18(22(27)25-19)7-4-14-2-5-15(6-3-14)16-8-10-17(11-9-16)21(23)24/h2-3,5-6,8-11,18-19H,4,7,12-13H2,1H3,(H3,23,24)(H,25,27)/t18-,19+/m1/s1. The van der Waals surface area contributed by atoms with Crippen molar-refractivity contribution >= 4 is 17.7 Å². The quantitative estimate of drug-likeness (QED) is 0.391. The molecule has 2 atom stereocenters. The minimum Gasteiger partial charge on any atom is -0.469 e. The number of amides is 1. The molecule has 6 heteroatoms. The first-order valence-electron chi connectivity index (χ1n) is 9.37. The highest BCUT2D eigenvalue weighted by atomic mass is 16.5. The molecule has 146 valence electrons. The molecule has 3 rings (SSSR count). The highest BCUT2D eigenvalue weighted by Gasteiger charge is 2.32. The second-order valence-electron chi connectivity index (χ2n) is 7.15. The van der Waals surface area contributed by atoms with Gasteiger partial charge >= 0.3 is 5.97 Å². The van der Waals surface area contributed by atoms with Crippen LogP contribution < -0.4 is 11.1 Å². The van der Waals surface area contributed by atoms with Crippen LogP contribution in [0.3, 0.4) is 0 Å². The van der Waals surface area contributed by atoms with Gasteiger partial charge in [-0.25, -0.2) is 0 Å². The van der Waals surface area contributed by atoms with Crippen molar-refractivity contribution < 1.29 is 14.3 Å². The summed E-state index contributed by atoms with van der Waals surface area (Å²) in [6.07, 6.45) is 2.48. The number of nitrogen functional groups attached to an aromatic ring is 1. The number of esters is 1. The van der Waals surface area contributed by atoms with Crippen molar-refractivity contribution in [2.75, 3.05) is 7.11 Å². The number of hydrogen-bond acceptors (Lipinski definition) is 4. The van der Waals surface area contributed by atoms with Gasteiger partial charge in [0.2, 0.25) is 5.91 Å². The summed E-state index contributed by atoms with van der Waals surface area (Å²) >= 11 is 0. The van der Waals surface area contributed by atoms with E-state index in [0.717, 1.165) is 24.0 Å². The summed E-state index contributed by atoms with van der Waals surface area (Å²) in [6, 6.07) is 15.8. The van der Waals surface area contributed by atoms with E-state index in [4.69, 9.17) is 11.1 Å². The third-order valence-corrected chi connectivity index (χ3v) is 5.19. The summed E-state index contributed by atoms with van der Waals surface area (Å²) in [5.41, 5.74) is 9.53. The number of methoxy groups -OCH3 is 1. The molecule has 1 heterocycles. The van der Waals surface area contributed by atoms with Gasteiger partial charge in [0.1, 0.15) is 5.84 Å². The molecule has 2 aromatic rings. The molecule has 0 bridgehead atoms. The molecule has 0 spiro atoms. The Morgan fingerprint density at radius 2 is 1.75 bits per heavy atom. The van der Waals surface area contributed by atoms with Crippen LogP contribution in [0.5, 0.6) is 0 Å². The second-order valence-corrected chi connectivity index (χ2v) is 7.15. The monoisotopic (exact) mass is 379 g/mol. The van der Waals surface area contributed by atoms with Crippen molar-refractivity contribution in [1.29, 1.82) is 5.41 Å². The summed E-state index contributed by atoms with van der Waals surface area (Å²) < 4.78 is 4.67. The van der Waals surface area contributed by atoms with Crippen molar-refractivity contribution in [2.45, 2.75) is 31.7 Å². The van der Waals surface area contributed by atoms with Gasteiger partial charge in [-0.2, -0.15) is 0 Å². The fourth-order valence-corrected chi connectivity index (χ4v) is 3.54. The Bertz CT molecular complexity index is 860. The Balaban J connectivity index is 1.55. The van der Waals surface area contributed by atoms with Crippen LogP contribution in [0.15, 0.2) is 48.5 Å². The van der Waals surface area contributed by atoms with Crippen LogP contribution in [0.25, 0.3) is 11.1 Å². The normalized spacial score (nSPS) is 18.5. The highest BCUT2D eigenvalue weighted by Crippen LogP contribution is 2.25. The number of rotatable bonds is 7. The van der Waals surface area contributed by atoms with Gasteiger partial charge in [-0.3, -0.25) is 15.0 Å². The molecule has 1 amide bonds. The van der Waals surface area contributed by atoms with E-state index in [2.05, 4.69) is 34.3 Å². The van der Waals surface area contributed by atoms with Gasteiger partial charge in [0, 0.05) is 17.5 Å². The van der Waals surface area contributed by atoms with E-state index in [1.54, 1.807) is 0 Å². The van der Waals surface area contributed by atoms with E-state index in [1.807, 2.05) is 24.3 Å². The van der Waals surface area contributed by atoms with Gasteiger partial charge in [-0.15, -0.1) is 0 Å². The van der Waals surface area contributed by atoms with E-state index in [-0.39, 0.29) is 36.1 Å². The molecule has 6 nitrogen and oxygen atoms in total. The van der Waals surface area contributed by atoms with Crippen molar-refractivity contribution in [3.8, 4) is 11.1 Å². The SMILES string of the molecule is COC(=O)C[C@@H]1C[C@@H](CCc2ccc(-c3ccc(C(=N)N)cc3)cc2)C(=O)N1. The Morgan fingerprint density at radius 3 is 2.32 bits per heavy atom. The molecule has 1 fully saturated rings. The van der Waals surface area contributed by atoms with E-state index < -0.39 is 0 Å². The zero-order valence-corrected chi connectivity index (χ0v) is 15.9. The molecule has 0 aliphatic carbocycles. The number of ether oxygens (including phenoxy) is 1. The first kappa shape index (κ1) is 19.6. The maximum atomic E-state index is 12.1. The van der Waals surface area contributed by atoms with Gasteiger partial charge in [0.05, 0.1) is 13.5 Å². The fraction of sp³-hybridized carbons (Fsp3) is 0.318. The first-order chi connectivity index (χ1) is 13.5. The predicted molar refractivity (Wildman–Crippen MR) is 108 cm³/mol. The molecule has 1 saturated heterocycles. The minimum atomic E-state index is -0.294. The number of hydrogen-bond donors (Lipinski definition) is 3. The summed E-state index contributed by atoms with van der Waals surface area (Å²) in [4.78, 5) is 23.5. The highest BCUT2D eigenvalue weighted by molar-refractivity contribution is 5.95. The van der Waals surface area contributed by atoms with Crippen LogP contribution >= 0.6 is 0 Å². The van der Waals surface area contributed by atoms with Crippen LogP contribution in [0, 0.1) is 11.3 Å². The number of nitrogens with one attached hydrogen (secondary N) is 2. The van der Waals surface area contributed by atoms with Gasteiger partial charge in [-0.05, 0) is 36.0 Å². The van der Waals surface area contributed by atoms with Crippen LogP contribution in [-0.4, -0.2) is 30.9 Å². The van der Waals surface area contributed by atoms with Crippen molar-refractivity contribution in [2.24, 2.45) is 11.7 Å². The van der Waals surface area contributed by atoms with Gasteiger partial charge in [-0.1, -0.05) is 48.5 Å². The second kappa shape index (κ2) is 8.69. The van der Waals surface area contributed by atoms with E-state index in [9.17, 15) is 9.59 Å². The van der Waals surface area contributed by atoms with Gasteiger partial charge < -0.3 is 15.8 Å². The Hall–Kier alpha value is -3.15. The maximum absolute atomic E-state index is 12.1. The van der Waals surface area contributed by atoms with Crippen molar-refractivity contribution in [3.05, 3.63) is 59.7 Å². The molecule has 4 N–H and O–H groups in total. The van der Waals surface area contributed by atoms with Crippen molar-refractivity contribution in [3.63, 3.8) is 0 Å². The maximum Gasteiger partial charge on any atom is 0.307 e. The lowest BCUT2D eigenvalue weighted by Gasteiger charge is -2.09. The molecular weight excluding hydrogens is 354 g/mol. The van der Waals surface area contributed by atoms with Crippen LogP contribution in [0.2, 0.25) is 0 Å². The number of amidine groups is 1. The Morgan fingerprint density at radius 1 is 1.14 bits per heavy atom. The summed E-state index contributed by atoms with van der Waals surface area (Å²) in [5, 5.41) is 10.3. The van der Waals surface area contributed by atoms with Crippen molar-refractivity contribution in [1.82, 2.24) is 5.32 Å². The molecule has 0 unspecified atom stereocenters. The first-order valence-corrected chi connectivity index (χ1v) is 9.37. The molecule has 1 aliphatic heterocycles. The van der Waals surface area contributed by atoms with Crippen LogP contribution in [-0.2, 0) is 20.7 Å². The zero-order chi connectivity index (χ0) is 20.1. The third-order valence-electron chi connectivity index (χ3n) is 5.19. The molecule has 2 aromatic carbocycles. The Labute approximate surface area is 164 Å². The molecular formula is C22H25N3O3. The molecule has 28 heavy (non-hydrogen) atoms. The van der Waals surface area contributed by atoms with Crippen LogP contribution in [0.1, 0.15) is 30.4 Å². The number of aryl methyl sites for hydroxylation is 1. The Kier molecular flexibility index (Phi) is 6.09. The lowest BCUT2D eigenvalue weighted by Crippen LogP contribution is -2.28. The lowest BCUT2D eigenvalue weighted by atomic mass is 9.94. The van der Waals surface area contributed by atoms with Crippen LogP contribution in [0.4, 0.5) is 0 Å². The third kappa shape index (κ3) is 4.76. The average Bonchev–Trinajstić information content (AvgIpc) is 3.05. The number of carbonyl (C=O) groups excluding carboxylic acids is 2. The van der Waals surface area contributed by atoms with E-state index >= 15 is 0 Å². The number of nitrogens with two attached hydrogens (primary N) is 1. The van der Waals surface area contributed by atoms with E-state index in [1.165, 1.54) is 12.7 Å². The smallest absolute Gasteiger partial charge is 0.307 e. The number of carbonyl (C=O) groups is 2. The molecule has 1 aliphatic rings. The topological polar surface area (TPSA) is 105 Å². The lowest BCUT2D eigenvalue weighted by molar-refractivity contribution is -0.141. The molecule has 0 radical (unpaired) electrons. The summed E-state index contributed by atoms with van der Waals surface area (Å²) in [6.45, 7) is 0.